The Morgan fingerprint density at radius 1 is 1.47 bits per heavy atom. The summed E-state index contributed by atoms with van der Waals surface area (Å²) in [7, 11) is 3.27. The van der Waals surface area contributed by atoms with Crippen molar-refractivity contribution in [3.63, 3.8) is 0 Å². The Bertz CT molecular complexity index is 453. The summed E-state index contributed by atoms with van der Waals surface area (Å²) in [5, 5.41) is 0. The fourth-order valence-electron chi connectivity index (χ4n) is 1.35. The second-order valence-electron chi connectivity index (χ2n) is 4.22. The molecule has 1 aliphatic carbocycles. The van der Waals surface area contributed by atoms with Crippen LogP contribution < -0.4 is 4.74 Å². The van der Waals surface area contributed by atoms with Gasteiger partial charge in [0.25, 0.3) is 5.91 Å². The van der Waals surface area contributed by atoms with E-state index in [1.54, 1.807) is 26.2 Å². The van der Waals surface area contributed by atoms with Crippen LogP contribution >= 0.6 is 0 Å². The minimum atomic E-state index is -0.260. The van der Waals surface area contributed by atoms with E-state index in [-0.39, 0.29) is 23.4 Å². The predicted molar refractivity (Wildman–Crippen MR) is 61.3 cm³/mol. The van der Waals surface area contributed by atoms with Crippen molar-refractivity contribution in [2.24, 2.45) is 0 Å². The number of aromatic nitrogens is 1. The topological polar surface area (TPSA) is 59.5 Å². The van der Waals surface area contributed by atoms with E-state index in [1.807, 2.05) is 0 Å². The molecule has 1 aromatic heterocycles. The number of hydrogen-bond donors (Lipinski definition) is 0. The second kappa shape index (κ2) is 4.53. The van der Waals surface area contributed by atoms with Crippen molar-refractivity contribution in [3.05, 3.63) is 23.5 Å². The minimum Gasteiger partial charge on any atom is -0.488 e. The summed E-state index contributed by atoms with van der Waals surface area (Å²) in [5.41, 5.74) is 0.435. The molecule has 0 saturated heterocycles. The number of amides is 1. The molecule has 0 N–H and O–H groups in total. The van der Waals surface area contributed by atoms with E-state index < -0.39 is 0 Å². The third-order valence-electron chi connectivity index (χ3n) is 2.43. The molecular formula is C12H14N2O3. The Labute approximate surface area is 99.4 Å². The quantitative estimate of drug-likeness (QED) is 0.733. The molecular weight excluding hydrogens is 220 g/mol. The van der Waals surface area contributed by atoms with Crippen LogP contribution in [0.4, 0.5) is 0 Å². The number of aldehydes is 1. The highest BCUT2D eigenvalue weighted by Gasteiger charge is 2.27. The molecule has 90 valence electrons. The highest BCUT2D eigenvalue weighted by atomic mass is 16.5. The number of rotatable bonds is 4. The van der Waals surface area contributed by atoms with E-state index in [0.29, 0.717) is 12.0 Å². The Balaban J connectivity index is 2.35. The van der Waals surface area contributed by atoms with Gasteiger partial charge in [-0.3, -0.25) is 9.59 Å². The van der Waals surface area contributed by atoms with Crippen molar-refractivity contribution in [1.29, 1.82) is 0 Å². The number of nitrogens with zero attached hydrogens (tertiary/aromatic N) is 2. The average molecular weight is 234 g/mol. The molecule has 17 heavy (non-hydrogen) atoms. The van der Waals surface area contributed by atoms with E-state index in [9.17, 15) is 9.59 Å². The number of carbonyl (C=O) groups is 2. The lowest BCUT2D eigenvalue weighted by molar-refractivity contribution is 0.0816. The van der Waals surface area contributed by atoms with Crippen LogP contribution in [0.1, 0.15) is 33.8 Å². The zero-order chi connectivity index (χ0) is 12.4. The maximum Gasteiger partial charge on any atom is 0.275 e. The lowest BCUT2D eigenvalue weighted by atomic mass is 10.2. The monoisotopic (exact) mass is 234 g/mol. The molecule has 2 rings (SSSR count). The first-order valence-corrected chi connectivity index (χ1v) is 5.46. The fourth-order valence-corrected chi connectivity index (χ4v) is 1.35. The number of ether oxygens (including phenoxy) is 1. The maximum absolute atomic E-state index is 11.9. The van der Waals surface area contributed by atoms with Gasteiger partial charge in [0.2, 0.25) is 0 Å². The molecule has 5 heteroatoms. The van der Waals surface area contributed by atoms with Crippen molar-refractivity contribution >= 4 is 12.2 Å². The summed E-state index contributed by atoms with van der Waals surface area (Å²) in [6.45, 7) is 0. The Hall–Kier alpha value is -1.91. The second-order valence-corrected chi connectivity index (χ2v) is 4.22. The molecule has 0 bridgehead atoms. The molecule has 0 spiro atoms. The van der Waals surface area contributed by atoms with Crippen LogP contribution in [0.25, 0.3) is 0 Å². The van der Waals surface area contributed by atoms with Crippen molar-refractivity contribution in [2.75, 3.05) is 14.1 Å². The van der Waals surface area contributed by atoms with E-state index in [2.05, 4.69) is 4.98 Å². The van der Waals surface area contributed by atoms with E-state index in [1.165, 1.54) is 4.90 Å². The van der Waals surface area contributed by atoms with Crippen LogP contribution in [0.3, 0.4) is 0 Å². The molecule has 0 unspecified atom stereocenters. The molecule has 1 amide bonds. The minimum absolute atomic E-state index is 0.188. The molecule has 1 aliphatic rings. The Morgan fingerprint density at radius 2 is 2.18 bits per heavy atom. The summed E-state index contributed by atoms with van der Waals surface area (Å²) in [4.78, 5) is 28.0. The van der Waals surface area contributed by atoms with Gasteiger partial charge in [-0.2, -0.15) is 0 Å². The van der Waals surface area contributed by atoms with E-state index in [4.69, 9.17) is 4.74 Å². The SMILES string of the molecule is CN(C)C(=O)c1nc(C=O)ccc1OC1CC1. The van der Waals surface area contributed by atoms with Crippen LogP contribution in [0.5, 0.6) is 5.75 Å². The van der Waals surface area contributed by atoms with Crippen LogP contribution in [0.2, 0.25) is 0 Å². The molecule has 0 radical (unpaired) electrons. The first-order chi connectivity index (χ1) is 8.11. The predicted octanol–water partition coefficient (Wildman–Crippen LogP) is 1.14. The van der Waals surface area contributed by atoms with Gasteiger partial charge in [0.05, 0.1) is 6.10 Å². The highest BCUT2D eigenvalue weighted by molar-refractivity contribution is 5.95. The van der Waals surface area contributed by atoms with Gasteiger partial charge < -0.3 is 9.64 Å². The van der Waals surface area contributed by atoms with Crippen LogP contribution in [-0.2, 0) is 0 Å². The molecule has 1 fully saturated rings. The molecule has 1 heterocycles. The summed E-state index contributed by atoms with van der Waals surface area (Å²) < 4.78 is 5.60. The van der Waals surface area contributed by atoms with Crippen molar-refractivity contribution in [2.45, 2.75) is 18.9 Å². The lowest BCUT2D eigenvalue weighted by Gasteiger charge is -2.13. The molecule has 0 atom stereocenters. The number of carbonyl (C=O) groups excluding carboxylic acids is 2. The van der Waals surface area contributed by atoms with Gasteiger partial charge in [-0.25, -0.2) is 4.98 Å². The van der Waals surface area contributed by atoms with E-state index in [0.717, 1.165) is 12.8 Å². The zero-order valence-electron chi connectivity index (χ0n) is 9.84. The third kappa shape index (κ3) is 2.61. The van der Waals surface area contributed by atoms with Gasteiger partial charge in [-0.05, 0) is 25.0 Å². The number of pyridine rings is 1. The largest absolute Gasteiger partial charge is 0.488 e. The average Bonchev–Trinajstić information content (AvgIpc) is 3.12. The van der Waals surface area contributed by atoms with Crippen molar-refractivity contribution < 1.29 is 14.3 Å². The van der Waals surface area contributed by atoms with Crippen LogP contribution in [0, 0.1) is 0 Å². The Morgan fingerprint density at radius 3 is 2.71 bits per heavy atom. The summed E-state index contributed by atoms with van der Waals surface area (Å²) in [6, 6.07) is 3.18. The molecule has 1 saturated carbocycles. The summed E-state index contributed by atoms with van der Waals surface area (Å²) in [5.74, 6) is 0.196. The van der Waals surface area contributed by atoms with E-state index >= 15 is 0 Å². The first-order valence-electron chi connectivity index (χ1n) is 5.46. The standard InChI is InChI=1S/C12H14N2O3/c1-14(2)12(16)11-10(17-9-4-5-9)6-3-8(7-15)13-11/h3,6-7,9H,4-5H2,1-2H3. The van der Waals surface area contributed by atoms with Crippen molar-refractivity contribution in [1.82, 2.24) is 9.88 Å². The highest BCUT2D eigenvalue weighted by Crippen LogP contribution is 2.28. The first kappa shape index (κ1) is 11.6. The summed E-state index contributed by atoms with van der Waals surface area (Å²) >= 11 is 0. The molecule has 0 aliphatic heterocycles. The van der Waals surface area contributed by atoms with Crippen LogP contribution in [0.15, 0.2) is 12.1 Å². The van der Waals surface area contributed by atoms with Gasteiger partial charge >= 0.3 is 0 Å². The maximum atomic E-state index is 11.9. The van der Waals surface area contributed by atoms with Gasteiger partial charge in [0.15, 0.2) is 17.7 Å². The van der Waals surface area contributed by atoms with Gasteiger partial charge in [0, 0.05) is 14.1 Å². The summed E-state index contributed by atoms with van der Waals surface area (Å²) in [6.07, 6.45) is 2.82. The smallest absolute Gasteiger partial charge is 0.275 e. The van der Waals surface area contributed by atoms with Gasteiger partial charge in [-0.1, -0.05) is 0 Å². The Kier molecular flexibility index (Phi) is 3.08. The van der Waals surface area contributed by atoms with Crippen molar-refractivity contribution in [3.8, 4) is 5.75 Å². The fraction of sp³-hybridized carbons (Fsp3) is 0.417. The third-order valence-corrected chi connectivity index (χ3v) is 2.43. The lowest BCUT2D eigenvalue weighted by Crippen LogP contribution is -2.24. The number of hydrogen-bond acceptors (Lipinski definition) is 4. The zero-order valence-corrected chi connectivity index (χ0v) is 9.84. The van der Waals surface area contributed by atoms with Crippen LogP contribution in [-0.4, -0.2) is 42.3 Å². The molecule has 1 aromatic rings. The van der Waals surface area contributed by atoms with Gasteiger partial charge in [-0.15, -0.1) is 0 Å². The van der Waals surface area contributed by atoms with Gasteiger partial charge in [0.1, 0.15) is 5.69 Å². The molecule has 0 aromatic carbocycles. The molecule has 5 nitrogen and oxygen atoms in total. The normalized spacial score (nSPS) is 14.2.